The van der Waals surface area contributed by atoms with Gasteiger partial charge in [0.2, 0.25) is 0 Å². The highest BCUT2D eigenvalue weighted by molar-refractivity contribution is 5.68. The summed E-state index contributed by atoms with van der Waals surface area (Å²) in [7, 11) is 1.59. The predicted octanol–water partition coefficient (Wildman–Crippen LogP) is 1.66. The maximum Gasteiger partial charge on any atom is 0.305 e. The van der Waals surface area contributed by atoms with Gasteiger partial charge in [0.1, 0.15) is 5.75 Å². The zero-order valence-electron chi connectivity index (χ0n) is 9.90. The highest BCUT2D eigenvalue weighted by Gasteiger charge is 2.20. The highest BCUT2D eigenvalue weighted by Crippen LogP contribution is 2.33. The van der Waals surface area contributed by atoms with Crippen molar-refractivity contribution in [3.05, 3.63) is 28.8 Å². The smallest absolute Gasteiger partial charge is 0.305 e. The van der Waals surface area contributed by atoms with Crippen LogP contribution in [0.25, 0.3) is 0 Å². The van der Waals surface area contributed by atoms with Crippen LogP contribution in [-0.2, 0) is 17.6 Å². The molecule has 3 N–H and O–H groups in total. The molecule has 0 amide bonds. The molecule has 0 radical (unpaired) electrons. The Labute approximate surface area is 100 Å². The number of nitrogens with two attached hydrogens (primary N) is 1. The van der Waals surface area contributed by atoms with Crippen molar-refractivity contribution in [2.75, 3.05) is 7.11 Å². The summed E-state index contributed by atoms with van der Waals surface area (Å²) in [6.45, 7) is 0. The molecule has 4 nitrogen and oxygen atoms in total. The van der Waals surface area contributed by atoms with Crippen molar-refractivity contribution in [1.82, 2.24) is 0 Å². The molecule has 1 aromatic rings. The van der Waals surface area contributed by atoms with Gasteiger partial charge in [0.05, 0.1) is 13.5 Å². The lowest BCUT2D eigenvalue weighted by Crippen LogP contribution is -2.16. The Morgan fingerprint density at radius 3 is 2.71 bits per heavy atom. The van der Waals surface area contributed by atoms with E-state index in [9.17, 15) is 4.79 Å². The van der Waals surface area contributed by atoms with E-state index >= 15 is 0 Å². The number of ether oxygens (including phenoxy) is 1. The quantitative estimate of drug-likeness (QED) is 0.832. The number of fused-ring (bicyclic) bond motifs is 1. The summed E-state index contributed by atoms with van der Waals surface area (Å²) in [5.41, 5.74) is 9.29. The van der Waals surface area contributed by atoms with E-state index in [-0.39, 0.29) is 6.42 Å². The minimum atomic E-state index is -0.889. The van der Waals surface area contributed by atoms with E-state index in [0.717, 1.165) is 24.8 Å². The lowest BCUT2D eigenvalue weighted by molar-refractivity contribution is -0.137. The van der Waals surface area contributed by atoms with Crippen LogP contribution in [0.15, 0.2) is 12.1 Å². The molecule has 0 bridgehead atoms. The molecule has 0 saturated carbocycles. The number of carboxylic acid groups (broad SMARTS) is 1. The van der Waals surface area contributed by atoms with Gasteiger partial charge in [-0.1, -0.05) is 6.07 Å². The topological polar surface area (TPSA) is 72.5 Å². The second-order valence-electron chi connectivity index (χ2n) is 4.42. The van der Waals surface area contributed by atoms with E-state index in [4.69, 9.17) is 15.6 Å². The number of hydrogen-bond acceptors (Lipinski definition) is 3. The molecule has 2 rings (SSSR count). The van der Waals surface area contributed by atoms with Crippen LogP contribution in [0.4, 0.5) is 0 Å². The molecular weight excluding hydrogens is 218 g/mol. The molecule has 92 valence electrons. The zero-order chi connectivity index (χ0) is 12.4. The lowest BCUT2D eigenvalue weighted by atomic mass is 9.98. The SMILES string of the molecule is COc1cc2c(cc1C(N)CC(=O)O)CCC2. The highest BCUT2D eigenvalue weighted by atomic mass is 16.5. The van der Waals surface area contributed by atoms with Gasteiger partial charge < -0.3 is 15.6 Å². The van der Waals surface area contributed by atoms with Gasteiger partial charge in [0.25, 0.3) is 0 Å². The molecule has 0 aliphatic heterocycles. The van der Waals surface area contributed by atoms with E-state index in [0.29, 0.717) is 5.75 Å². The zero-order valence-corrected chi connectivity index (χ0v) is 9.90. The van der Waals surface area contributed by atoms with Crippen LogP contribution in [0.5, 0.6) is 5.75 Å². The van der Waals surface area contributed by atoms with Gasteiger partial charge >= 0.3 is 5.97 Å². The Bertz CT molecular complexity index is 443. The Kier molecular flexibility index (Phi) is 3.33. The second-order valence-corrected chi connectivity index (χ2v) is 4.42. The molecule has 0 saturated heterocycles. The monoisotopic (exact) mass is 235 g/mol. The van der Waals surface area contributed by atoms with Crippen molar-refractivity contribution in [3.8, 4) is 5.75 Å². The number of carboxylic acids is 1. The van der Waals surface area contributed by atoms with E-state index < -0.39 is 12.0 Å². The van der Waals surface area contributed by atoms with Gasteiger partial charge in [-0.25, -0.2) is 0 Å². The van der Waals surface area contributed by atoms with Gasteiger partial charge in [-0.3, -0.25) is 4.79 Å². The Balaban J connectivity index is 2.35. The second kappa shape index (κ2) is 4.75. The Morgan fingerprint density at radius 1 is 1.47 bits per heavy atom. The molecule has 0 spiro atoms. The minimum absolute atomic E-state index is 0.0743. The Morgan fingerprint density at radius 2 is 2.12 bits per heavy atom. The third-order valence-corrected chi connectivity index (χ3v) is 3.24. The molecule has 17 heavy (non-hydrogen) atoms. The molecule has 0 aromatic heterocycles. The van der Waals surface area contributed by atoms with Gasteiger partial charge in [-0.05, 0) is 36.5 Å². The maximum atomic E-state index is 10.7. The fourth-order valence-electron chi connectivity index (χ4n) is 2.39. The molecule has 4 heteroatoms. The fraction of sp³-hybridized carbons (Fsp3) is 0.462. The molecule has 1 aliphatic carbocycles. The number of rotatable bonds is 4. The normalized spacial score (nSPS) is 15.4. The molecule has 0 heterocycles. The van der Waals surface area contributed by atoms with Crippen molar-refractivity contribution in [2.24, 2.45) is 5.73 Å². The van der Waals surface area contributed by atoms with Crippen LogP contribution in [-0.4, -0.2) is 18.2 Å². The fourth-order valence-corrected chi connectivity index (χ4v) is 2.39. The standard InChI is InChI=1S/C13H17NO3/c1-17-12-6-9-4-2-3-8(9)5-10(12)11(14)7-13(15)16/h5-6,11H,2-4,7,14H2,1H3,(H,15,16). The van der Waals surface area contributed by atoms with Gasteiger partial charge in [-0.2, -0.15) is 0 Å². The molecule has 1 atom stereocenters. The van der Waals surface area contributed by atoms with Gasteiger partial charge in [0, 0.05) is 11.6 Å². The average molecular weight is 235 g/mol. The van der Waals surface area contributed by atoms with Crippen molar-refractivity contribution < 1.29 is 14.6 Å². The lowest BCUT2D eigenvalue weighted by Gasteiger charge is -2.16. The summed E-state index contributed by atoms with van der Waals surface area (Å²) in [6, 6.07) is 3.50. The molecule has 1 aromatic carbocycles. The van der Waals surface area contributed by atoms with E-state index in [1.165, 1.54) is 11.1 Å². The van der Waals surface area contributed by atoms with Crippen LogP contribution in [0.1, 0.15) is 35.6 Å². The van der Waals surface area contributed by atoms with E-state index in [2.05, 4.69) is 0 Å². The first kappa shape index (κ1) is 11.9. The number of methoxy groups -OCH3 is 1. The third kappa shape index (κ3) is 2.42. The Hall–Kier alpha value is -1.55. The number of hydrogen-bond donors (Lipinski definition) is 2. The number of carbonyl (C=O) groups is 1. The molecule has 0 fully saturated rings. The van der Waals surface area contributed by atoms with Crippen LogP contribution in [0.3, 0.4) is 0 Å². The number of aliphatic carboxylic acids is 1. The first-order chi connectivity index (χ1) is 8.11. The van der Waals surface area contributed by atoms with Crippen LogP contribution < -0.4 is 10.5 Å². The van der Waals surface area contributed by atoms with Crippen molar-refractivity contribution >= 4 is 5.97 Å². The third-order valence-electron chi connectivity index (χ3n) is 3.24. The largest absolute Gasteiger partial charge is 0.496 e. The first-order valence-corrected chi connectivity index (χ1v) is 5.79. The number of benzene rings is 1. The van der Waals surface area contributed by atoms with Crippen molar-refractivity contribution in [1.29, 1.82) is 0 Å². The van der Waals surface area contributed by atoms with Crippen molar-refractivity contribution in [2.45, 2.75) is 31.7 Å². The molecule has 1 aliphatic rings. The molecular formula is C13H17NO3. The summed E-state index contributed by atoms with van der Waals surface area (Å²) >= 11 is 0. The molecule has 1 unspecified atom stereocenters. The van der Waals surface area contributed by atoms with Gasteiger partial charge in [-0.15, -0.1) is 0 Å². The first-order valence-electron chi connectivity index (χ1n) is 5.79. The van der Waals surface area contributed by atoms with E-state index in [1.807, 2.05) is 12.1 Å². The van der Waals surface area contributed by atoms with Crippen LogP contribution in [0.2, 0.25) is 0 Å². The number of aryl methyl sites for hydroxylation is 2. The van der Waals surface area contributed by atoms with Crippen molar-refractivity contribution in [3.63, 3.8) is 0 Å². The summed E-state index contributed by atoms with van der Waals surface area (Å²) in [6.07, 6.45) is 3.19. The average Bonchev–Trinajstić information content (AvgIpc) is 2.73. The van der Waals surface area contributed by atoms with Crippen LogP contribution >= 0.6 is 0 Å². The predicted molar refractivity (Wildman–Crippen MR) is 64.2 cm³/mol. The minimum Gasteiger partial charge on any atom is -0.496 e. The summed E-state index contributed by atoms with van der Waals surface area (Å²) in [4.78, 5) is 10.7. The summed E-state index contributed by atoms with van der Waals surface area (Å²) < 4.78 is 5.30. The van der Waals surface area contributed by atoms with Crippen LogP contribution in [0, 0.1) is 0 Å². The summed E-state index contributed by atoms with van der Waals surface area (Å²) in [5, 5.41) is 8.78. The van der Waals surface area contributed by atoms with Gasteiger partial charge in [0.15, 0.2) is 0 Å². The summed E-state index contributed by atoms with van der Waals surface area (Å²) in [5.74, 6) is -0.181. The van der Waals surface area contributed by atoms with E-state index in [1.54, 1.807) is 7.11 Å². The maximum absolute atomic E-state index is 10.7.